The third-order valence-corrected chi connectivity index (χ3v) is 5.72. The van der Waals surface area contributed by atoms with Crippen molar-refractivity contribution in [2.45, 2.75) is 38.1 Å². The Morgan fingerprint density at radius 1 is 1.08 bits per heavy atom. The zero-order valence-electron chi connectivity index (χ0n) is 14.3. The van der Waals surface area contributed by atoms with Crippen LogP contribution < -0.4 is 4.90 Å². The van der Waals surface area contributed by atoms with Gasteiger partial charge in [-0.05, 0) is 43.9 Å². The molecule has 2 aliphatic rings. The first-order valence-electron chi connectivity index (χ1n) is 9.10. The highest BCUT2D eigenvalue weighted by Gasteiger charge is 2.32. The fourth-order valence-electron chi connectivity index (χ4n) is 3.84. The summed E-state index contributed by atoms with van der Waals surface area (Å²) in [5.74, 6) is 1.72. The number of carbonyl (C=O) groups is 1. The van der Waals surface area contributed by atoms with E-state index >= 15 is 0 Å². The molecule has 0 radical (unpaired) electrons. The lowest BCUT2D eigenvalue weighted by molar-refractivity contribution is -0.139. The minimum atomic E-state index is 0.301. The van der Waals surface area contributed by atoms with E-state index in [1.54, 1.807) is 0 Å². The number of pyridine rings is 1. The molecule has 24 heavy (non-hydrogen) atoms. The maximum absolute atomic E-state index is 12.4. The Morgan fingerprint density at radius 2 is 1.83 bits per heavy atom. The molecule has 4 heteroatoms. The van der Waals surface area contributed by atoms with E-state index in [1.807, 2.05) is 24.1 Å². The minimum absolute atomic E-state index is 0.301. The van der Waals surface area contributed by atoms with Crippen LogP contribution in [0.2, 0.25) is 0 Å². The first-order valence-corrected chi connectivity index (χ1v) is 9.10. The van der Waals surface area contributed by atoms with Gasteiger partial charge in [-0.25, -0.2) is 4.98 Å². The predicted octanol–water partition coefficient (Wildman–Crippen LogP) is 3.46. The second-order valence-electron chi connectivity index (χ2n) is 7.16. The second kappa shape index (κ2) is 6.42. The van der Waals surface area contributed by atoms with Crippen LogP contribution in [0, 0.1) is 5.92 Å². The van der Waals surface area contributed by atoms with Crippen LogP contribution in [0.15, 0.2) is 36.4 Å². The van der Waals surface area contributed by atoms with Gasteiger partial charge in [0.1, 0.15) is 5.82 Å². The fraction of sp³-hybridized carbons (Fsp3) is 0.500. The number of para-hydroxylation sites is 1. The van der Waals surface area contributed by atoms with Crippen LogP contribution in [-0.2, 0) is 4.79 Å². The summed E-state index contributed by atoms with van der Waals surface area (Å²) in [4.78, 5) is 21.6. The number of benzene rings is 1. The maximum Gasteiger partial charge on any atom is 0.225 e. The molecule has 2 fully saturated rings. The van der Waals surface area contributed by atoms with E-state index in [4.69, 9.17) is 4.98 Å². The summed E-state index contributed by atoms with van der Waals surface area (Å²) in [7, 11) is 2.00. The van der Waals surface area contributed by atoms with Gasteiger partial charge in [0.25, 0.3) is 0 Å². The van der Waals surface area contributed by atoms with E-state index in [9.17, 15) is 4.79 Å². The van der Waals surface area contributed by atoms with E-state index in [2.05, 4.69) is 29.2 Å². The number of hydrogen-bond donors (Lipinski definition) is 0. The summed E-state index contributed by atoms with van der Waals surface area (Å²) in [6.45, 7) is 1.94. The monoisotopic (exact) mass is 323 g/mol. The average molecular weight is 323 g/mol. The first kappa shape index (κ1) is 15.4. The molecule has 0 spiro atoms. The van der Waals surface area contributed by atoms with Crippen molar-refractivity contribution in [2.24, 2.45) is 5.92 Å². The molecule has 0 bridgehead atoms. The molecule has 4 rings (SSSR count). The van der Waals surface area contributed by atoms with Gasteiger partial charge in [-0.2, -0.15) is 0 Å². The standard InChI is InChI=1S/C20H25N3O/c1-22(20(24)16-6-4-7-16)17-11-13-23(14-12-17)19-10-9-15-5-2-3-8-18(15)21-19/h2-3,5,8-10,16-17H,4,6-7,11-14H2,1H3. The van der Waals surface area contributed by atoms with Gasteiger partial charge in [-0.3, -0.25) is 4.79 Å². The van der Waals surface area contributed by atoms with Crippen molar-refractivity contribution in [2.75, 3.05) is 25.0 Å². The predicted molar refractivity (Wildman–Crippen MR) is 97.1 cm³/mol. The molecule has 2 heterocycles. The molecule has 126 valence electrons. The van der Waals surface area contributed by atoms with Gasteiger partial charge in [0.15, 0.2) is 0 Å². The third kappa shape index (κ3) is 2.85. The lowest BCUT2D eigenvalue weighted by atomic mass is 9.84. The highest BCUT2D eigenvalue weighted by molar-refractivity contribution is 5.80. The van der Waals surface area contributed by atoms with Crippen molar-refractivity contribution >= 4 is 22.6 Å². The molecule has 0 unspecified atom stereocenters. The van der Waals surface area contributed by atoms with Gasteiger partial charge in [0.2, 0.25) is 5.91 Å². The van der Waals surface area contributed by atoms with E-state index in [1.165, 1.54) is 11.8 Å². The van der Waals surface area contributed by atoms with Crippen molar-refractivity contribution in [1.82, 2.24) is 9.88 Å². The van der Waals surface area contributed by atoms with Gasteiger partial charge in [0.05, 0.1) is 5.52 Å². The van der Waals surface area contributed by atoms with Gasteiger partial charge >= 0.3 is 0 Å². The Labute approximate surface area is 143 Å². The zero-order valence-corrected chi connectivity index (χ0v) is 14.3. The fourth-order valence-corrected chi connectivity index (χ4v) is 3.84. The summed E-state index contributed by atoms with van der Waals surface area (Å²) in [5.41, 5.74) is 1.05. The normalized spacial score (nSPS) is 19.3. The van der Waals surface area contributed by atoms with Crippen molar-refractivity contribution in [3.8, 4) is 0 Å². The molecular weight excluding hydrogens is 298 g/mol. The quantitative estimate of drug-likeness (QED) is 0.868. The average Bonchev–Trinajstić information content (AvgIpc) is 2.59. The number of piperidine rings is 1. The molecule has 1 saturated carbocycles. The molecule has 1 aromatic heterocycles. The molecule has 0 N–H and O–H groups in total. The van der Waals surface area contributed by atoms with Crippen LogP contribution in [0.5, 0.6) is 0 Å². The van der Waals surface area contributed by atoms with Crippen LogP contribution >= 0.6 is 0 Å². The topological polar surface area (TPSA) is 36.4 Å². The van der Waals surface area contributed by atoms with Crippen LogP contribution in [0.3, 0.4) is 0 Å². The van der Waals surface area contributed by atoms with Crippen molar-refractivity contribution in [3.05, 3.63) is 36.4 Å². The summed E-state index contributed by atoms with van der Waals surface area (Å²) in [5, 5.41) is 1.18. The summed E-state index contributed by atoms with van der Waals surface area (Å²) in [6, 6.07) is 12.9. The number of fused-ring (bicyclic) bond motifs is 1. The Balaban J connectivity index is 1.40. The van der Waals surface area contributed by atoms with E-state index < -0.39 is 0 Å². The smallest absolute Gasteiger partial charge is 0.225 e. The molecule has 2 aromatic rings. The van der Waals surface area contributed by atoms with Gasteiger partial charge in [-0.1, -0.05) is 24.6 Å². The van der Waals surface area contributed by atoms with E-state index in [0.29, 0.717) is 17.9 Å². The number of hydrogen-bond acceptors (Lipinski definition) is 3. The summed E-state index contributed by atoms with van der Waals surface area (Å²) >= 11 is 0. The van der Waals surface area contributed by atoms with E-state index in [0.717, 1.165) is 50.1 Å². The lowest BCUT2D eigenvalue weighted by Gasteiger charge is -2.39. The van der Waals surface area contributed by atoms with Crippen LogP contribution in [-0.4, -0.2) is 42.0 Å². The Hall–Kier alpha value is -2.10. The first-order chi connectivity index (χ1) is 11.7. The molecule has 4 nitrogen and oxygen atoms in total. The van der Waals surface area contributed by atoms with Crippen LogP contribution in [0.1, 0.15) is 32.1 Å². The van der Waals surface area contributed by atoms with Crippen molar-refractivity contribution < 1.29 is 4.79 Å². The van der Waals surface area contributed by atoms with E-state index in [-0.39, 0.29) is 0 Å². The number of rotatable bonds is 3. The van der Waals surface area contributed by atoms with Crippen LogP contribution in [0.25, 0.3) is 10.9 Å². The summed E-state index contributed by atoms with van der Waals surface area (Å²) in [6.07, 6.45) is 5.45. The summed E-state index contributed by atoms with van der Waals surface area (Å²) < 4.78 is 0. The van der Waals surface area contributed by atoms with Crippen molar-refractivity contribution in [1.29, 1.82) is 0 Å². The highest BCUT2D eigenvalue weighted by Crippen LogP contribution is 2.30. The maximum atomic E-state index is 12.4. The number of aromatic nitrogens is 1. The molecule has 1 aliphatic heterocycles. The number of anilines is 1. The van der Waals surface area contributed by atoms with Gasteiger partial charge < -0.3 is 9.80 Å². The van der Waals surface area contributed by atoms with Crippen molar-refractivity contribution in [3.63, 3.8) is 0 Å². The number of carbonyl (C=O) groups excluding carboxylic acids is 1. The highest BCUT2D eigenvalue weighted by atomic mass is 16.2. The second-order valence-corrected chi connectivity index (χ2v) is 7.16. The molecule has 1 saturated heterocycles. The zero-order chi connectivity index (χ0) is 16.5. The van der Waals surface area contributed by atoms with Crippen LogP contribution in [0.4, 0.5) is 5.82 Å². The molecular formula is C20H25N3O. The third-order valence-electron chi connectivity index (χ3n) is 5.72. The number of nitrogens with zero attached hydrogens (tertiary/aromatic N) is 3. The largest absolute Gasteiger partial charge is 0.356 e. The Morgan fingerprint density at radius 3 is 2.54 bits per heavy atom. The number of amides is 1. The minimum Gasteiger partial charge on any atom is -0.356 e. The molecule has 1 aliphatic carbocycles. The lowest BCUT2D eigenvalue weighted by Crippen LogP contribution is -2.48. The molecule has 1 amide bonds. The molecule has 0 atom stereocenters. The SMILES string of the molecule is CN(C(=O)C1CCC1)C1CCN(c2ccc3ccccc3n2)CC1. The Kier molecular flexibility index (Phi) is 4.13. The molecule has 1 aromatic carbocycles. The van der Waals surface area contributed by atoms with Gasteiger partial charge in [-0.15, -0.1) is 0 Å². The Bertz CT molecular complexity index is 732. The van der Waals surface area contributed by atoms with Gasteiger partial charge in [0, 0.05) is 37.5 Å².